The molecule has 0 aliphatic carbocycles. The summed E-state index contributed by atoms with van der Waals surface area (Å²) in [5, 5.41) is 0. The average molecular weight is 1150 g/mol. The van der Waals surface area contributed by atoms with Crippen molar-refractivity contribution in [3.05, 3.63) is 122 Å². The molecule has 0 aromatic rings. The predicted molar refractivity (Wildman–Crippen MR) is 362 cm³/mol. The Bertz CT molecular complexity index is 1700. The van der Waals surface area contributed by atoms with Crippen LogP contribution >= 0.6 is 0 Å². The van der Waals surface area contributed by atoms with E-state index in [9.17, 15) is 14.4 Å². The highest BCUT2D eigenvalue weighted by atomic mass is 16.6. The molecule has 1 unspecified atom stereocenters. The number of rotatable bonds is 63. The largest absolute Gasteiger partial charge is 0.462 e. The van der Waals surface area contributed by atoms with Gasteiger partial charge in [0.25, 0.3) is 0 Å². The standard InChI is InChI=1S/C77H130O6/c1-4-7-10-13-16-19-22-25-27-29-31-33-35-37-38-40-41-43-45-47-49-52-55-58-61-64-67-70-76(79)82-73-74(72-81-75(78)69-66-63-60-57-54-51-24-21-18-15-12-9-6-3)83-77(80)71-68-65-62-59-56-53-50-48-46-44-42-39-36-34-32-30-28-26-23-20-17-14-11-8-5-2/h7-8,10-11,16-17,19-21,24-28,31-34,37-38,74H,4-6,9,12-15,18,22-23,29-30,35-36,39-73H2,1-3H3/b10-7-,11-8-,19-16-,20-17-,24-21-,27-25-,28-26-,33-31-,34-32-,38-37-. The third-order valence-electron chi connectivity index (χ3n) is 14.9. The molecule has 6 nitrogen and oxygen atoms in total. The summed E-state index contributed by atoms with van der Waals surface area (Å²) >= 11 is 0. The Morgan fingerprint density at radius 1 is 0.253 bits per heavy atom. The Kier molecular flexibility index (Phi) is 66.7. The molecule has 0 saturated heterocycles. The van der Waals surface area contributed by atoms with Gasteiger partial charge in [-0.25, -0.2) is 0 Å². The van der Waals surface area contributed by atoms with Gasteiger partial charge in [-0.05, 0) is 128 Å². The van der Waals surface area contributed by atoms with Gasteiger partial charge in [0, 0.05) is 19.3 Å². The maximum Gasteiger partial charge on any atom is 0.306 e. The summed E-state index contributed by atoms with van der Waals surface area (Å²) in [5.41, 5.74) is 0. The number of hydrogen-bond donors (Lipinski definition) is 0. The van der Waals surface area contributed by atoms with Gasteiger partial charge in [-0.3, -0.25) is 14.4 Å². The lowest BCUT2D eigenvalue weighted by Crippen LogP contribution is -2.30. The van der Waals surface area contributed by atoms with Gasteiger partial charge in [0.15, 0.2) is 6.10 Å². The van der Waals surface area contributed by atoms with Crippen molar-refractivity contribution in [3.63, 3.8) is 0 Å². The van der Waals surface area contributed by atoms with E-state index < -0.39 is 6.10 Å². The van der Waals surface area contributed by atoms with E-state index in [4.69, 9.17) is 14.2 Å². The molecule has 6 heteroatoms. The molecule has 0 rings (SSSR count). The SMILES string of the molecule is CC/C=C\C/C=C\C/C=C\C/C=C\C/C=C\CCCCCCCCCCCCCC(=O)OCC(COC(=O)CCCCCCC/C=C\CCCCCC)OC(=O)CCCCCCCCCCCCCC/C=C\C/C=C\C/C=C\C/C=C\CC. The Balaban J connectivity index is 4.30. The molecule has 1 atom stereocenters. The van der Waals surface area contributed by atoms with Crippen molar-refractivity contribution in [3.8, 4) is 0 Å². The lowest BCUT2D eigenvalue weighted by atomic mass is 10.0. The molecule has 0 aliphatic rings. The number of carbonyl (C=O) groups is 3. The van der Waals surface area contributed by atoms with E-state index in [1.165, 1.54) is 167 Å². The van der Waals surface area contributed by atoms with Crippen LogP contribution in [0.2, 0.25) is 0 Å². The molecule has 0 bridgehead atoms. The van der Waals surface area contributed by atoms with Crippen LogP contribution in [0.15, 0.2) is 122 Å². The second-order valence-electron chi connectivity index (χ2n) is 23.0. The second kappa shape index (κ2) is 70.3. The minimum absolute atomic E-state index is 0.0829. The molecule has 0 fully saturated rings. The molecule has 0 aliphatic heterocycles. The van der Waals surface area contributed by atoms with Crippen molar-refractivity contribution in [2.45, 2.75) is 335 Å². The summed E-state index contributed by atoms with van der Waals surface area (Å²) < 4.78 is 17.0. The van der Waals surface area contributed by atoms with Crippen LogP contribution in [-0.2, 0) is 28.6 Å². The van der Waals surface area contributed by atoms with E-state index in [2.05, 4.69) is 142 Å². The molecule has 0 heterocycles. The third-order valence-corrected chi connectivity index (χ3v) is 14.9. The summed E-state index contributed by atoms with van der Waals surface area (Å²) in [6.45, 7) is 6.42. The molecule has 0 radical (unpaired) electrons. The van der Waals surface area contributed by atoms with E-state index in [0.717, 1.165) is 122 Å². The van der Waals surface area contributed by atoms with Gasteiger partial charge in [-0.2, -0.15) is 0 Å². The van der Waals surface area contributed by atoms with Gasteiger partial charge in [0.1, 0.15) is 13.2 Å². The molecule has 0 spiro atoms. The normalized spacial score (nSPS) is 12.9. The smallest absolute Gasteiger partial charge is 0.306 e. The summed E-state index contributed by atoms with van der Waals surface area (Å²) in [7, 11) is 0. The van der Waals surface area contributed by atoms with Crippen molar-refractivity contribution in [1.82, 2.24) is 0 Å². The fourth-order valence-electron chi connectivity index (χ4n) is 9.75. The van der Waals surface area contributed by atoms with Gasteiger partial charge in [0.2, 0.25) is 0 Å². The number of ether oxygens (including phenoxy) is 3. The number of carbonyl (C=O) groups excluding carboxylic acids is 3. The lowest BCUT2D eigenvalue weighted by Gasteiger charge is -2.18. The summed E-state index contributed by atoms with van der Waals surface area (Å²) in [6, 6.07) is 0. The first-order valence-corrected chi connectivity index (χ1v) is 35.0. The van der Waals surface area contributed by atoms with E-state index >= 15 is 0 Å². The summed E-state index contributed by atoms with van der Waals surface area (Å²) in [5.74, 6) is -0.885. The molecule has 0 aromatic carbocycles. The monoisotopic (exact) mass is 1150 g/mol. The Hall–Kier alpha value is -4.19. The van der Waals surface area contributed by atoms with Crippen LogP contribution in [0.25, 0.3) is 0 Å². The first-order chi connectivity index (χ1) is 41.0. The van der Waals surface area contributed by atoms with Gasteiger partial charge in [-0.1, -0.05) is 303 Å². The van der Waals surface area contributed by atoms with E-state index in [-0.39, 0.29) is 31.1 Å². The highest BCUT2D eigenvalue weighted by Gasteiger charge is 2.19. The Morgan fingerprint density at radius 3 is 0.747 bits per heavy atom. The van der Waals surface area contributed by atoms with Gasteiger partial charge in [-0.15, -0.1) is 0 Å². The van der Waals surface area contributed by atoms with Crippen LogP contribution in [0.3, 0.4) is 0 Å². The van der Waals surface area contributed by atoms with Crippen molar-refractivity contribution in [1.29, 1.82) is 0 Å². The molecule has 0 N–H and O–H groups in total. The molecule has 83 heavy (non-hydrogen) atoms. The zero-order valence-electron chi connectivity index (χ0n) is 54.4. The predicted octanol–water partition coefficient (Wildman–Crippen LogP) is 24.3. The number of unbranched alkanes of at least 4 members (excludes halogenated alkanes) is 32. The molecule has 0 aromatic heterocycles. The van der Waals surface area contributed by atoms with Crippen molar-refractivity contribution in [2.24, 2.45) is 0 Å². The average Bonchev–Trinajstić information content (AvgIpc) is 3.49. The number of allylic oxidation sites excluding steroid dienone is 20. The summed E-state index contributed by atoms with van der Waals surface area (Å²) in [4.78, 5) is 38.4. The molecular formula is C77H130O6. The minimum atomic E-state index is -0.788. The van der Waals surface area contributed by atoms with Crippen LogP contribution in [0.5, 0.6) is 0 Å². The molecular weight excluding hydrogens is 1020 g/mol. The summed E-state index contributed by atoms with van der Waals surface area (Å²) in [6.07, 6.45) is 97.9. The van der Waals surface area contributed by atoms with E-state index in [1.807, 2.05) is 0 Å². The van der Waals surface area contributed by atoms with Crippen LogP contribution in [0.4, 0.5) is 0 Å². The zero-order chi connectivity index (χ0) is 59.9. The van der Waals surface area contributed by atoms with Gasteiger partial charge >= 0.3 is 17.9 Å². The van der Waals surface area contributed by atoms with Crippen molar-refractivity contribution < 1.29 is 28.6 Å². The van der Waals surface area contributed by atoms with Crippen molar-refractivity contribution >= 4 is 17.9 Å². The molecule has 0 amide bonds. The quantitative estimate of drug-likeness (QED) is 0.0261. The molecule has 474 valence electrons. The zero-order valence-corrected chi connectivity index (χ0v) is 54.4. The van der Waals surface area contributed by atoms with Gasteiger partial charge in [0.05, 0.1) is 0 Å². The Labute approximate surface area is 513 Å². The number of hydrogen-bond acceptors (Lipinski definition) is 6. The first-order valence-electron chi connectivity index (χ1n) is 35.0. The van der Waals surface area contributed by atoms with Crippen LogP contribution in [0.1, 0.15) is 329 Å². The highest BCUT2D eigenvalue weighted by molar-refractivity contribution is 5.71. The fourth-order valence-corrected chi connectivity index (χ4v) is 9.75. The van der Waals surface area contributed by atoms with Crippen molar-refractivity contribution in [2.75, 3.05) is 13.2 Å². The highest BCUT2D eigenvalue weighted by Crippen LogP contribution is 2.17. The minimum Gasteiger partial charge on any atom is -0.462 e. The maximum atomic E-state index is 13.0. The third kappa shape index (κ3) is 68.5. The second-order valence-corrected chi connectivity index (χ2v) is 23.0. The molecule has 0 saturated carbocycles. The lowest BCUT2D eigenvalue weighted by molar-refractivity contribution is -0.167. The van der Waals surface area contributed by atoms with Crippen LogP contribution < -0.4 is 0 Å². The van der Waals surface area contributed by atoms with Crippen LogP contribution in [-0.4, -0.2) is 37.2 Å². The van der Waals surface area contributed by atoms with Crippen LogP contribution in [0, 0.1) is 0 Å². The van der Waals surface area contributed by atoms with Gasteiger partial charge < -0.3 is 14.2 Å². The van der Waals surface area contributed by atoms with E-state index in [1.54, 1.807) is 0 Å². The first kappa shape index (κ1) is 78.8. The number of esters is 3. The fraction of sp³-hybridized carbons (Fsp3) is 0.701. The van der Waals surface area contributed by atoms with E-state index in [0.29, 0.717) is 19.3 Å². The topological polar surface area (TPSA) is 78.9 Å². The maximum absolute atomic E-state index is 13.0. The Morgan fingerprint density at radius 2 is 0.470 bits per heavy atom.